The van der Waals surface area contributed by atoms with Crippen molar-refractivity contribution in [2.45, 2.75) is 33.2 Å². The molecule has 3 nitrogen and oxygen atoms in total. The van der Waals surface area contributed by atoms with Crippen LogP contribution in [0.15, 0.2) is 10.6 Å². The van der Waals surface area contributed by atoms with E-state index >= 15 is 0 Å². The zero-order valence-electron chi connectivity index (χ0n) is 9.04. The Labute approximate surface area is 89.7 Å². The molecule has 1 aliphatic heterocycles. The van der Waals surface area contributed by atoms with Crippen LogP contribution in [0.5, 0.6) is 0 Å². The number of hydrogen-bond donors (Lipinski definition) is 1. The minimum Gasteiger partial charge on any atom is -0.328 e. The van der Waals surface area contributed by atoms with Crippen molar-refractivity contribution in [3.05, 3.63) is 10.6 Å². The summed E-state index contributed by atoms with van der Waals surface area (Å²) in [5.41, 5.74) is 6.68. The molecule has 1 unspecified atom stereocenters. The standard InChI is InChI=1S/C10H18N2OS/c1-4-9-8(3)12(7(2)5-11)10(13)6-14-9/h7H,4-6,11H2,1-3H3. The van der Waals surface area contributed by atoms with Crippen molar-refractivity contribution >= 4 is 17.7 Å². The summed E-state index contributed by atoms with van der Waals surface area (Å²) < 4.78 is 0. The Morgan fingerprint density at radius 3 is 2.79 bits per heavy atom. The van der Waals surface area contributed by atoms with Crippen molar-refractivity contribution in [1.82, 2.24) is 4.90 Å². The predicted molar refractivity (Wildman–Crippen MR) is 60.8 cm³/mol. The third-order valence-corrected chi connectivity index (χ3v) is 3.83. The van der Waals surface area contributed by atoms with Crippen LogP contribution in [0.2, 0.25) is 0 Å². The zero-order valence-corrected chi connectivity index (χ0v) is 9.86. The van der Waals surface area contributed by atoms with Gasteiger partial charge >= 0.3 is 0 Å². The van der Waals surface area contributed by atoms with Crippen molar-refractivity contribution in [2.75, 3.05) is 12.3 Å². The number of thioether (sulfide) groups is 1. The normalized spacial score (nSPS) is 20.3. The Hall–Kier alpha value is -0.480. The largest absolute Gasteiger partial charge is 0.328 e. The first-order chi connectivity index (χ1) is 6.61. The van der Waals surface area contributed by atoms with Gasteiger partial charge in [0.2, 0.25) is 5.91 Å². The van der Waals surface area contributed by atoms with Gasteiger partial charge in [0.05, 0.1) is 5.75 Å². The molecule has 1 atom stereocenters. The van der Waals surface area contributed by atoms with Gasteiger partial charge in [0.15, 0.2) is 0 Å². The quantitative estimate of drug-likeness (QED) is 0.775. The maximum absolute atomic E-state index is 11.7. The second-order valence-electron chi connectivity index (χ2n) is 3.50. The van der Waals surface area contributed by atoms with E-state index in [1.807, 2.05) is 18.7 Å². The van der Waals surface area contributed by atoms with Crippen LogP contribution in [0.4, 0.5) is 0 Å². The third kappa shape index (κ3) is 2.12. The lowest BCUT2D eigenvalue weighted by atomic mass is 10.2. The molecule has 2 N–H and O–H groups in total. The maximum atomic E-state index is 11.7. The molecule has 1 heterocycles. The van der Waals surface area contributed by atoms with Crippen LogP contribution < -0.4 is 5.73 Å². The zero-order chi connectivity index (χ0) is 10.7. The van der Waals surface area contributed by atoms with Crippen molar-refractivity contribution in [3.63, 3.8) is 0 Å². The Bertz CT molecular complexity index is 263. The van der Waals surface area contributed by atoms with Crippen LogP contribution in [0.1, 0.15) is 27.2 Å². The van der Waals surface area contributed by atoms with Crippen molar-refractivity contribution in [3.8, 4) is 0 Å². The molecule has 0 radical (unpaired) electrons. The van der Waals surface area contributed by atoms with Crippen molar-refractivity contribution in [1.29, 1.82) is 0 Å². The Morgan fingerprint density at radius 1 is 1.64 bits per heavy atom. The topological polar surface area (TPSA) is 46.3 Å². The van der Waals surface area contributed by atoms with E-state index in [1.54, 1.807) is 11.8 Å². The van der Waals surface area contributed by atoms with Gasteiger partial charge in [-0.3, -0.25) is 4.79 Å². The first-order valence-electron chi connectivity index (χ1n) is 4.96. The van der Waals surface area contributed by atoms with E-state index in [2.05, 4.69) is 6.92 Å². The van der Waals surface area contributed by atoms with Gasteiger partial charge in [-0.25, -0.2) is 0 Å². The van der Waals surface area contributed by atoms with Gasteiger partial charge in [-0.2, -0.15) is 0 Å². The molecule has 1 aliphatic rings. The van der Waals surface area contributed by atoms with Crippen LogP contribution in [0.3, 0.4) is 0 Å². The summed E-state index contributed by atoms with van der Waals surface area (Å²) in [6.07, 6.45) is 0.998. The second kappa shape index (κ2) is 4.84. The molecule has 0 fully saturated rings. The molecule has 0 aromatic heterocycles. The molecule has 80 valence electrons. The van der Waals surface area contributed by atoms with E-state index in [0.29, 0.717) is 12.3 Å². The van der Waals surface area contributed by atoms with E-state index in [-0.39, 0.29) is 11.9 Å². The molecule has 0 aliphatic carbocycles. The summed E-state index contributed by atoms with van der Waals surface area (Å²) in [5.74, 6) is 0.743. The van der Waals surface area contributed by atoms with Gasteiger partial charge < -0.3 is 10.6 Å². The monoisotopic (exact) mass is 214 g/mol. The lowest BCUT2D eigenvalue weighted by Gasteiger charge is -2.34. The van der Waals surface area contributed by atoms with Gasteiger partial charge in [0, 0.05) is 23.2 Å². The lowest BCUT2D eigenvalue weighted by Crippen LogP contribution is -2.44. The van der Waals surface area contributed by atoms with E-state index in [9.17, 15) is 4.79 Å². The summed E-state index contributed by atoms with van der Waals surface area (Å²) in [6.45, 7) is 6.64. The van der Waals surface area contributed by atoms with Crippen molar-refractivity contribution < 1.29 is 4.79 Å². The first kappa shape index (κ1) is 11.6. The Balaban J connectivity index is 2.94. The SMILES string of the molecule is CCC1=C(C)N(C(C)CN)C(=O)CS1. The predicted octanol–water partition coefficient (Wildman–Crippen LogP) is 1.55. The molecule has 0 saturated carbocycles. The third-order valence-electron chi connectivity index (χ3n) is 2.51. The average Bonchev–Trinajstić information content (AvgIpc) is 2.18. The molecule has 1 rings (SSSR count). The minimum absolute atomic E-state index is 0.116. The minimum atomic E-state index is 0.116. The van der Waals surface area contributed by atoms with Crippen LogP contribution in [0, 0.1) is 0 Å². The fourth-order valence-electron chi connectivity index (χ4n) is 1.68. The molecule has 0 aromatic carbocycles. The van der Waals surface area contributed by atoms with Gasteiger partial charge in [-0.15, -0.1) is 11.8 Å². The number of carbonyl (C=O) groups excluding carboxylic acids is 1. The number of nitrogens with zero attached hydrogens (tertiary/aromatic N) is 1. The number of rotatable bonds is 3. The van der Waals surface area contributed by atoms with E-state index in [4.69, 9.17) is 5.73 Å². The Kier molecular flexibility index (Phi) is 4.01. The molecule has 0 aromatic rings. The second-order valence-corrected chi connectivity index (χ2v) is 4.57. The Morgan fingerprint density at radius 2 is 2.29 bits per heavy atom. The van der Waals surface area contributed by atoms with E-state index in [1.165, 1.54) is 4.91 Å². The van der Waals surface area contributed by atoms with Crippen LogP contribution in [0.25, 0.3) is 0 Å². The summed E-state index contributed by atoms with van der Waals surface area (Å²) in [5, 5.41) is 0. The van der Waals surface area contributed by atoms with E-state index < -0.39 is 0 Å². The number of hydrogen-bond acceptors (Lipinski definition) is 3. The van der Waals surface area contributed by atoms with Gasteiger partial charge in [-0.1, -0.05) is 6.92 Å². The van der Waals surface area contributed by atoms with Crippen LogP contribution >= 0.6 is 11.8 Å². The highest BCUT2D eigenvalue weighted by atomic mass is 32.2. The maximum Gasteiger partial charge on any atom is 0.237 e. The van der Waals surface area contributed by atoms with Crippen LogP contribution in [-0.4, -0.2) is 29.1 Å². The number of carbonyl (C=O) groups is 1. The molecule has 0 bridgehead atoms. The molecule has 0 spiro atoms. The molecule has 1 amide bonds. The first-order valence-corrected chi connectivity index (χ1v) is 5.95. The summed E-state index contributed by atoms with van der Waals surface area (Å²) in [7, 11) is 0. The molecule has 14 heavy (non-hydrogen) atoms. The number of amides is 1. The van der Waals surface area contributed by atoms with Gasteiger partial charge in [0.25, 0.3) is 0 Å². The van der Waals surface area contributed by atoms with Crippen LogP contribution in [-0.2, 0) is 4.79 Å². The smallest absolute Gasteiger partial charge is 0.237 e. The van der Waals surface area contributed by atoms with Gasteiger partial charge in [0.1, 0.15) is 0 Å². The highest BCUT2D eigenvalue weighted by Gasteiger charge is 2.26. The van der Waals surface area contributed by atoms with Crippen molar-refractivity contribution in [2.24, 2.45) is 5.73 Å². The number of allylic oxidation sites excluding steroid dienone is 2. The average molecular weight is 214 g/mol. The highest BCUT2D eigenvalue weighted by Crippen LogP contribution is 2.31. The summed E-state index contributed by atoms with van der Waals surface area (Å²) >= 11 is 1.66. The summed E-state index contributed by atoms with van der Waals surface area (Å²) in [6, 6.07) is 0.116. The molecular formula is C10H18N2OS. The van der Waals surface area contributed by atoms with Gasteiger partial charge in [-0.05, 0) is 20.3 Å². The fourth-order valence-corrected chi connectivity index (χ4v) is 2.63. The molecular weight excluding hydrogens is 196 g/mol. The molecule has 0 saturated heterocycles. The lowest BCUT2D eigenvalue weighted by molar-refractivity contribution is -0.128. The number of nitrogens with two attached hydrogens (primary N) is 1. The fraction of sp³-hybridized carbons (Fsp3) is 0.700. The highest BCUT2D eigenvalue weighted by molar-refractivity contribution is 8.03. The molecule has 4 heteroatoms. The van der Waals surface area contributed by atoms with E-state index in [0.717, 1.165) is 12.1 Å². The summed E-state index contributed by atoms with van der Waals surface area (Å²) in [4.78, 5) is 14.8.